The number of carbonyl (C=O) groups excluding carboxylic acids is 1. The smallest absolute Gasteiger partial charge is 0.260 e. The zero-order chi connectivity index (χ0) is 16.4. The summed E-state index contributed by atoms with van der Waals surface area (Å²) in [5.74, 6) is -2.38. The third-order valence-corrected chi connectivity index (χ3v) is 3.69. The van der Waals surface area contributed by atoms with Crippen LogP contribution in [0.15, 0.2) is 48.8 Å². The molecule has 0 aliphatic carbocycles. The molecule has 3 aromatic rings. The first-order chi connectivity index (χ1) is 11.1. The number of nitrogens with zero attached hydrogens (tertiary/aromatic N) is 3. The molecular weight excluding hydrogens is 300 g/mol. The van der Waals surface area contributed by atoms with Crippen molar-refractivity contribution in [3.63, 3.8) is 0 Å². The van der Waals surface area contributed by atoms with Crippen LogP contribution in [0, 0.1) is 11.6 Å². The number of imidazole rings is 1. The Kier molecular flexibility index (Phi) is 4.06. The number of aromatic nitrogens is 2. The van der Waals surface area contributed by atoms with E-state index >= 15 is 0 Å². The van der Waals surface area contributed by atoms with Gasteiger partial charge in [0.1, 0.15) is 22.8 Å². The van der Waals surface area contributed by atoms with Crippen molar-refractivity contribution >= 4 is 11.6 Å². The molecular formula is C17H15F2N3O. The Morgan fingerprint density at radius 3 is 2.61 bits per heavy atom. The second-order valence-electron chi connectivity index (χ2n) is 5.09. The highest BCUT2D eigenvalue weighted by Crippen LogP contribution is 2.17. The van der Waals surface area contributed by atoms with Crippen molar-refractivity contribution in [3.8, 4) is 0 Å². The quantitative estimate of drug-likeness (QED) is 0.741. The Labute approximate surface area is 132 Å². The number of carbonyl (C=O) groups is 1. The molecule has 0 saturated carbocycles. The van der Waals surface area contributed by atoms with Crippen LogP contribution in [0.5, 0.6) is 0 Å². The number of benzene rings is 1. The van der Waals surface area contributed by atoms with Crippen LogP contribution in [0.1, 0.15) is 23.0 Å². The maximum absolute atomic E-state index is 13.8. The van der Waals surface area contributed by atoms with Crippen LogP contribution >= 0.6 is 0 Å². The van der Waals surface area contributed by atoms with Gasteiger partial charge >= 0.3 is 0 Å². The zero-order valence-electron chi connectivity index (χ0n) is 12.5. The first-order valence-electron chi connectivity index (χ1n) is 7.26. The van der Waals surface area contributed by atoms with Gasteiger partial charge < -0.3 is 9.30 Å². The van der Waals surface area contributed by atoms with Crippen molar-refractivity contribution in [1.29, 1.82) is 0 Å². The second kappa shape index (κ2) is 6.16. The molecule has 118 valence electrons. The van der Waals surface area contributed by atoms with E-state index in [4.69, 9.17) is 0 Å². The molecule has 0 aliphatic rings. The lowest BCUT2D eigenvalue weighted by atomic mass is 10.1. The molecule has 0 radical (unpaired) electrons. The van der Waals surface area contributed by atoms with Crippen LogP contribution in [0.2, 0.25) is 0 Å². The highest BCUT2D eigenvalue weighted by molar-refractivity contribution is 5.94. The van der Waals surface area contributed by atoms with Gasteiger partial charge in [0, 0.05) is 12.7 Å². The third kappa shape index (κ3) is 2.79. The van der Waals surface area contributed by atoms with Gasteiger partial charge in [0.15, 0.2) is 0 Å². The van der Waals surface area contributed by atoms with Gasteiger partial charge in [-0.15, -0.1) is 0 Å². The van der Waals surface area contributed by atoms with Gasteiger partial charge in [-0.1, -0.05) is 12.1 Å². The Hall–Kier alpha value is -2.76. The number of halogens is 2. The molecule has 23 heavy (non-hydrogen) atoms. The number of amides is 1. The van der Waals surface area contributed by atoms with Gasteiger partial charge in [0.25, 0.3) is 5.91 Å². The minimum Gasteiger partial charge on any atom is -0.333 e. The average Bonchev–Trinajstić information content (AvgIpc) is 2.95. The lowest BCUT2D eigenvalue weighted by Crippen LogP contribution is -2.32. The van der Waals surface area contributed by atoms with Gasteiger partial charge in [-0.05, 0) is 31.2 Å². The molecule has 2 aromatic heterocycles. The van der Waals surface area contributed by atoms with Crippen molar-refractivity contribution < 1.29 is 13.6 Å². The molecule has 0 atom stereocenters. The molecule has 0 fully saturated rings. The van der Waals surface area contributed by atoms with Crippen molar-refractivity contribution in [2.24, 2.45) is 0 Å². The minimum absolute atomic E-state index is 0.217. The molecule has 1 amide bonds. The molecule has 0 saturated heterocycles. The standard InChI is InChI=1S/C17H15F2N3O/c1-2-21(17(23)16-13(18)6-5-7-14(16)19)11-12-10-20-15-8-3-4-9-22(12)15/h3-10H,2,11H2,1H3. The summed E-state index contributed by atoms with van der Waals surface area (Å²) in [4.78, 5) is 18.1. The van der Waals surface area contributed by atoms with Gasteiger partial charge in [-0.25, -0.2) is 13.8 Å². The second-order valence-corrected chi connectivity index (χ2v) is 5.09. The molecule has 1 aromatic carbocycles. The van der Waals surface area contributed by atoms with Gasteiger partial charge in [0.2, 0.25) is 0 Å². The van der Waals surface area contributed by atoms with E-state index < -0.39 is 23.1 Å². The molecule has 3 rings (SSSR count). The lowest BCUT2D eigenvalue weighted by molar-refractivity contribution is 0.0740. The number of hydrogen-bond donors (Lipinski definition) is 0. The van der Waals surface area contributed by atoms with E-state index in [1.807, 2.05) is 28.8 Å². The van der Waals surface area contributed by atoms with Crippen LogP contribution in [0.4, 0.5) is 8.78 Å². The summed E-state index contributed by atoms with van der Waals surface area (Å²) in [5, 5.41) is 0. The zero-order valence-corrected chi connectivity index (χ0v) is 12.5. The van der Waals surface area contributed by atoms with E-state index in [-0.39, 0.29) is 6.54 Å². The molecule has 6 heteroatoms. The van der Waals surface area contributed by atoms with Crippen LogP contribution in [-0.4, -0.2) is 26.7 Å². The Balaban J connectivity index is 1.92. The number of rotatable bonds is 4. The van der Waals surface area contributed by atoms with Gasteiger partial charge in [0.05, 0.1) is 18.4 Å². The largest absolute Gasteiger partial charge is 0.333 e. The van der Waals surface area contributed by atoms with Crippen molar-refractivity contribution in [2.75, 3.05) is 6.54 Å². The monoisotopic (exact) mass is 315 g/mol. The fraction of sp³-hybridized carbons (Fsp3) is 0.176. The normalized spacial score (nSPS) is 10.9. The van der Waals surface area contributed by atoms with Crippen LogP contribution in [-0.2, 0) is 6.54 Å². The third-order valence-electron chi connectivity index (χ3n) is 3.69. The average molecular weight is 315 g/mol. The summed E-state index contributed by atoms with van der Waals surface area (Å²) in [6.45, 7) is 2.31. The first kappa shape index (κ1) is 15.1. The highest BCUT2D eigenvalue weighted by atomic mass is 19.1. The number of pyridine rings is 1. The first-order valence-corrected chi connectivity index (χ1v) is 7.26. The van der Waals surface area contributed by atoms with Crippen molar-refractivity contribution in [1.82, 2.24) is 14.3 Å². The van der Waals surface area contributed by atoms with Gasteiger partial charge in [-0.2, -0.15) is 0 Å². The molecule has 0 aliphatic heterocycles. The summed E-state index contributed by atoms with van der Waals surface area (Å²) in [5.41, 5.74) is 0.999. The van der Waals surface area contributed by atoms with E-state index in [2.05, 4.69) is 4.98 Å². The molecule has 4 nitrogen and oxygen atoms in total. The van der Waals surface area contributed by atoms with E-state index in [1.54, 1.807) is 13.1 Å². The molecule has 0 N–H and O–H groups in total. The predicted molar refractivity (Wildman–Crippen MR) is 82.0 cm³/mol. The SMILES string of the molecule is CCN(Cc1cnc2ccccn12)C(=O)c1c(F)cccc1F. The number of hydrogen-bond acceptors (Lipinski definition) is 2. The lowest BCUT2D eigenvalue weighted by Gasteiger charge is -2.21. The summed E-state index contributed by atoms with van der Waals surface area (Å²) in [6.07, 6.45) is 3.49. The molecule has 2 heterocycles. The predicted octanol–water partition coefficient (Wildman–Crippen LogP) is 3.27. The summed E-state index contributed by atoms with van der Waals surface area (Å²) < 4.78 is 29.5. The van der Waals surface area contributed by atoms with Crippen LogP contribution in [0.25, 0.3) is 5.65 Å². The maximum atomic E-state index is 13.8. The molecule has 0 bridgehead atoms. The Morgan fingerprint density at radius 1 is 1.17 bits per heavy atom. The van der Waals surface area contributed by atoms with Crippen molar-refractivity contribution in [2.45, 2.75) is 13.5 Å². The fourth-order valence-electron chi connectivity index (χ4n) is 2.49. The van der Waals surface area contributed by atoms with Crippen molar-refractivity contribution in [3.05, 3.63) is 71.7 Å². The van der Waals surface area contributed by atoms with Crippen LogP contribution in [0.3, 0.4) is 0 Å². The molecule has 0 spiro atoms. The summed E-state index contributed by atoms with van der Waals surface area (Å²) in [7, 11) is 0. The van der Waals surface area contributed by atoms with E-state index in [0.717, 1.165) is 23.5 Å². The maximum Gasteiger partial charge on any atom is 0.260 e. The Morgan fingerprint density at radius 2 is 1.91 bits per heavy atom. The van der Waals surface area contributed by atoms with E-state index in [0.29, 0.717) is 6.54 Å². The highest BCUT2D eigenvalue weighted by Gasteiger charge is 2.23. The topological polar surface area (TPSA) is 37.6 Å². The van der Waals surface area contributed by atoms with Gasteiger partial charge in [-0.3, -0.25) is 4.79 Å². The Bertz CT molecular complexity index is 840. The van der Waals surface area contributed by atoms with E-state index in [9.17, 15) is 13.6 Å². The number of fused-ring (bicyclic) bond motifs is 1. The summed E-state index contributed by atoms with van der Waals surface area (Å²) in [6, 6.07) is 8.97. The minimum atomic E-state index is -0.855. The van der Waals surface area contributed by atoms with Crippen LogP contribution < -0.4 is 0 Å². The molecule has 0 unspecified atom stereocenters. The fourth-order valence-corrected chi connectivity index (χ4v) is 2.49. The summed E-state index contributed by atoms with van der Waals surface area (Å²) >= 11 is 0. The van der Waals surface area contributed by atoms with E-state index in [1.165, 1.54) is 11.0 Å².